The highest BCUT2D eigenvalue weighted by molar-refractivity contribution is 5.90. The zero-order valence-corrected chi connectivity index (χ0v) is 9.96. The Labute approximate surface area is 111 Å². The van der Waals surface area contributed by atoms with Gasteiger partial charge in [-0.3, -0.25) is 10.2 Å². The highest BCUT2D eigenvalue weighted by Crippen LogP contribution is 2.18. The van der Waals surface area contributed by atoms with Crippen molar-refractivity contribution in [3.05, 3.63) is 36.4 Å². The van der Waals surface area contributed by atoms with Crippen molar-refractivity contribution in [1.82, 2.24) is 20.4 Å². The fourth-order valence-corrected chi connectivity index (χ4v) is 1.39. The van der Waals surface area contributed by atoms with Crippen LogP contribution in [0, 0.1) is 0 Å². The van der Waals surface area contributed by atoms with Crippen molar-refractivity contribution in [2.75, 3.05) is 0 Å². The molecular formula is C11H9F2N5O2. The first-order valence-corrected chi connectivity index (χ1v) is 5.35. The van der Waals surface area contributed by atoms with E-state index in [2.05, 4.69) is 19.7 Å². The SMILES string of the molecule is NNC(=O)c1nccc(-c2ccc(OC(F)F)nc2)n1. The highest BCUT2D eigenvalue weighted by Gasteiger charge is 2.10. The van der Waals surface area contributed by atoms with Gasteiger partial charge in [-0.05, 0) is 12.1 Å². The van der Waals surface area contributed by atoms with Crippen LogP contribution in [0.5, 0.6) is 5.88 Å². The monoisotopic (exact) mass is 281 g/mol. The number of hydrogen-bond acceptors (Lipinski definition) is 6. The topological polar surface area (TPSA) is 103 Å². The van der Waals surface area contributed by atoms with E-state index in [0.29, 0.717) is 11.3 Å². The number of carbonyl (C=O) groups excluding carboxylic acids is 1. The fourth-order valence-electron chi connectivity index (χ4n) is 1.39. The van der Waals surface area contributed by atoms with Gasteiger partial charge in [-0.2, -0.15) is 8.78 Å². The van der Waals surface area contributed by atoms with E-state index in [0.717, 1.165) is 0 Å². The number of nitrogens with two attached hydrogens (primary N) is 1. The maximum atomic E-state index is 12.0. The van der Waals surface area contributed by atoms with Crippen LogP contribution in [0.2, 0.25) is 0 Å². The molecule has 0 radical (unpaired) electrons. The molecule has 20 heavy (non-hydrogen) atoms. The standard InChI is InChI=1S/C11H9F2N5O2/c12-11(13)20-8-2-1-6(5-16-8)7-3-4-15-9(17-7)10(19)18-14/h1-5,11H,14H2,(H,18,19). The Kier molecular flexibility index (Phi) is 4.11. The van der Waals surface area contributed by atoms with Crippen LogP contribution in [0.15, 0.2) is 30.6 Å². The lowest BCUT2D eigenvalue weighted by Gasteiger charge is -2.05. The molecule has 0 aliphatic heterocycles. The molecule has 0 aliphatic rings. The van der Waals surface area contributed by atoms with Crippen LogP contribution in [0.25, 0.3) is 11.3 Å². The van der Waals surface area contributed by atoms with Crippen LogP contribution >= 0.6 is 0 Å². The number of nitrogens with zero attached hydrogens (tertiary/aromatic N) is 3. The zero-order chi connectivity index (χ0) is 14.5. The van der Waals surface area contributed by atoms with Crippen molar-refractivity contribution >= 4 is 5.91 Å². The van der Waals surface area contributed by atoms with Gasteiger partial charge in [0, 0.05) is 24.0 Å². The molecule has 0 atom stereocenters. The maximum Gasteiger partial charge on any atom is 0.388 e. The van der Waals surface area contributed by atoms with Gasteiger partial charge in [0.05, 0.1) is 5.69 Å². The Balaban J connectivity index is 2.25. The van der Waals surface area contributed by atoms with E-state index in [-0.39, 0.29) is 11.7 Å². The molecule has 2 heterocycles. The van der Waals surface area contributed by atoms with Gasteiger partial charge >= 0.3 is 12.5 Å². The summed E-state index contributed by atoms with van der Waals surface area (Å²) in [4.78, 5) is 22.7. The number of carbonyl (C=O) groups is 1. The molecule has 9 heteroatoms. The average molecular weight is 281 g/mol. The third-order valence-electron chi connectivity index (χ3n) is 2.23. The molecule has 1 amide bonds. The van der Waals surface area contributed by atoms with Gasteiger partial charge in [0.1, 0.15) is 0 Å². The number of ether oxygens (including phenoxy) is 1. The Bertz CT molecular complexity index is 606. The van der Waals surface area contributed by atoms with Crippen molar-refractivity contribution in [3.63, 3.8) is 0 Å². The first-order chi connectivity index (χ1) is 9.60. The number of nitrogen functional groups attached to an aromatic ring is 1. The smallest absolute Gasteiger partial charge is 0.388 e. The van der Waals surface area contributed by atoms with Crippen LogP contribution in [0.3, 0.4) is 0 Å². The first kappa shape index (κ1) is 13.7. The molecule has 3 N–H and O–H groups in total. The van der Waals surface area contributed by atoms with E-state index in [1.54, 1.807) is 0 Å². The molecule has 7 nitrogen and oxygen atoms in total. The quantitative estimate of drug-likeness (QED) is 0.487. The predicted octanol–water partition coefficient (Wildman–Crippen LogP) is 0.743. The molecule has 0 bridgehead atoms. The van der Waals surface area contributed by atoms with Crippen LogP contribution in [-0.4, -0.2) is 27.5 Å². The van der Waals surface area contributed by atoms with Crippen LogP contribution < -0.4 is 16.0 Å². The van der Waals surface area contributed by atoms with Gasteiger partial charge < -0.3 is 4.74 Å². The summed E-state index contributed by atoms with van der Waals surface area (Å²) in [5.41, 5.74) is 2.82. The molecule has 2 aromatic rings. The predicted molar refractivity (Wildman–Crippen MR) is 63.5 cm³/mol. The molecule has 0 fully saturated rings. The van der Waals surface area contributed by atoms with E-state index in [4.69, 9.17) is 5.84 Å². The maximum absolute atomic E-state index is 12.0. The number of rotatable bonds is 4. The average Bonchev–Trinajstić information content (AvgIpc) is 2.47. The van der Waals surface area contributed by atoms with Gasteiger partial charge in [-0.25, -0.2) is 20.8 Å². The number of alkyl halides is 2. The Morgan fingerprint density at radius 2 is 2.10 bits per heavy atom. The number of nitrogens with one attached hydrogen (secondary N) is 1. The second-order valence-electron chi connectivity index (χ2n) is 3.50. The number of amides is 1. The molecule has 2 rings (SSSR count). The lowest BCUT2D eigenvalue weighted by atomic mass is 10.2. The lowest BCUT2D eigenvalue weighted by Crippen LogP contribution is -2.31. The summed E-state index contributed by atoms with van der Waals surface area (Å²) in [6.07, 6.45) is 2.67. The van der Waals surface area contributed by atoms with E-state index in [1.807, 2.05) is 5.43 Å². The normalized spacial score (nSPS) is 10.4. The van der Waals surface area contributed by atoms with Crippen molar-refractivity contribution in [2.24, 2.45) is 5.84 Å². The summed E-state index contributed by atoms with van der Waals surface area (Å²) in [6.45, 7) is -2.94. The number of hydrazine groups is 1. The van der Waals surface area contributed by atoms with E-state index >= 15 is 0 Å². The molecule has 0 spiro atoms. The third-order valence-corrected chi connectivity index (χ3v) is 2.23. The zero-order valence-electron chi connectivity index (χ0n) is 9.96. The Hall–Kier alpha value is -2.68. The van der Waals surface area contributed by atoms with Crippen molar-refractivity contribution in [1.29, 1.82) is 0 Å². The van der Waals surface area contributed by atoms with E-state index in [9.17, 15) is 13.6 Å². The van der Waals surface area contributed by atoms with Crippen LogP contribution in [0.4, 0.5) is 8.78 Å². The highest BCUT2D eigenvalue weighted by atomic mass is 19.3. The van der Waals surface area contributed by atoms with Crippen molar-refractivity contribution in [3.8, 4) is 17.1 Å². The Morgan fingerprint density at radius 1 is 1.30 bits per heavy atom. The molecule has 104 valence electrons. The van der Waals surface area contributed by atoms with Gasteiger partial charge in [0.2, 0.25) is 11.7 Å². The Morgan fingerprint density at radius 3 is 2.70 bits per heavy atom. The van der Waals surface area contributed by atoms with Crippen molar-refractivity contribution < 1.29 is 18.3 Å². The summed E-state index contributed by atoms with van der Waals surface area (Å²) < 4.78 is 28.1. The summed E-state index contributed by atoms with van der Waals surface area (Å²) in [7, 11) is 0. The summed E-state index contributed by atoms with van der Waals surface area (Å²) in [5.74, 6) is 4.01. The number of aromatic nitrogens is 3. The number of pyridine rings is 1. The molecule has 0 aliphatic carbocycles. The molecule has 0 aromatic carbocycles. The largest absolute Gasteiger partial charge is 0.417 e. The lowest BCUT2D eigenvalue weighted by molar-refractivity contribution is -0.0528. The van der Waals surface area contributed by atoms with Gasteiger partial charge in [-0.1, -0.05) is 0 Å². The van der Waals surface area contributed by atoms with E-state index < -0.39 is 12.5 Å². The summed E-state index contributed by atoms with van der Waals surface area (Å²) in [6, 6.07) is 4.29. The molecule has 0 saturated carbocycles. The minimum Gasteiger partial charge on any atom is -0.417 e. The number of halogens is 2. The fraction of sp³-hybridized carbons (Fsp3) is 0.0909. The van der Waals surface area contributed by atoms with Gasteiger partial charge in [0.25, 0.3) is 0 Å². The van der Waals surface area contributed by atoms with Crippen LogP contribution in [0.1, 0.15) is 10.6 Å². The van der Waals surface area contributed by atoms with Gasteiger partial charge in [0.15, 0.2) is 0 Å². The first-order valence-electron chi connectivity index (χ1n) is 5.35. The third kappa shape index (κ3) is 3.20. The minimum atomic E-state index is -2.94. The van der Waals surface area contributed by atoms with E-state index in [1.165, 1.54) is 30.6 Å². The van der Waals surface area contributed by atoms with Gasteiger partial charge in [-0.15, -0.1) is 0 Å². The minimum absolute atomic E-state index is 0.113. The molecule has 0 saturated heterocycles. The molecular weight excluding hydrogens is 272 g/mol. The summed E-state index contributed by atoms with van der Waals surface area (Å²) >= 11 is 0. The molecule has 2 aromatic heterocycles. The molecule has 0 unspecified atom stereocenters. The second kappa shape index (κ2) is 5.97. The van der Waals surface area contributed by atoms with Crippen LogP contribution in [-0.2, 0) is 0 Å². The second-order valence-corrected chi connectivity index (χ2v) is 3.50. The number of hydrogen-bond donors (Lipinski definition) is 2. The van der Waals surface area contributed by atoms with Crippen molar-refractivity contribution in [2.45, 2.75) is 6.61 Å². The summed E-state index contributed by atoms with van der Waals surface area (Å²) in [5, 5.41) is 0.